The Bertz CT molecular complexity index is 1010. The van der Waals surface area contributed by atoms with Gasteiger partial charge in [0.1, 0.15) is 5.60 Å². The van der Waals surface area contributed by atoms with Gasteiger partial charge in [-0.2, -0.15) is 4.31 Å². The van der Waals surface area contributed by atoms with Gasteiger partial charge in [-0.3, -0.25) is 4.90 Å². The van der Waals surface area contributed by atoms with Crippen LogP contribution in [0, 0.1) is 13.8 Å². The lowest BCUT2D eigenvalue weighted by Gasteiger charge is -2.39. The minimum Gasteiger partial charge on any atom is -0.389 e. The van der Waals surface area contributed by atoms with Crippen molar-refractivity contribution in [3.8, 4) is 0 Å². The van der Waals surface area contributed by atoms with E-state index in [2.05, 4.69) is 19.8 Å². The SMILES string of the molecule is Cc1cc(C)nc(N2CCN(C[C@]3(O)CN(S(=O)(=O)c4ccccc4)C[C@H]3O)CC2)n1. The highest BCUT2D eigenvalue weighted by atomic mass is 32.2. The lowest BCUT2D eigenvalue weighted by molar-refractivity contribution is -0.0615. The predicted molar refractivity (Wildman–Crippen MR) is 116 cm³/mol. The molecule has 2 atom stereocenters. The number of anilines is 1. The third kappa shape index (κ3) is 4.58. The van der Waals surface area contributed by atoms with E-state index in [0.29, 0.717) is 32.1 Å². The number of sulfonamides is 1. The smallest absolute Gasteiger partial charge is 0.243 e. The number of aromatic nitrogens is 2. The molecule has 1 aromatic heterocycles. The number of aryl methyl sites for hydroxylation is 2. The zero-order valence-electron chi connectivity index (χ0n) is 17.8. The lowest BCUT2D eigenvalue weighted by Crippen LogP contribution is -2.56. The topological polar surface area (TPSA) is 110 Å². The van der Waals surface area contributed by atoms with Crippen LogP contribution in [0.15, 0.2) is 41.3 Å². The zero-order valence-corrected chi connectivity index (χ0v) is 18.7. The van der Waals surface area contributed by atoms with Crippen molar-refractivity contribution in [2.24, 2.45) is 0 Å². The Balaban J connectivity index is 1.39. The van der Waals surface area contributed by atoms with Crippen molar-refractivity contribution in [2.45, 2.75) is 30.4 Å². The van der Waals surface area contributed by atoms with Crippen molar-refractivity contribution in [1.82, 2.24) is 19.2 Å². The quantitative estimate of drug-likeness (QED) is 0.660. The van der Waals surface area contributed by atoms with E-state index in [-0.39, 0.29) is 24.5 Å². The maximum absolute atomic E-state index is 12.9. The molecule has 10 heteroatoms. The van der Waals surface area contributed by atoms with Gasteiger partial charge in [-0.25, -0.2) is 18.4 Å². The normalized spacial score (nSPS) is 25.8. The summed E-state index contributed by atoms with van der Waals surface area (Å²) in [4.78, 5) is 13.3. The molecule has 31 heavy (non-hydrogen) atoms. The molecule has 0 aliphatic carbocycles. The predicted octanol–water partition coefficient (Wildman–Crippen LogP) is 0.0119. The molecular formula is C21H29N5O4S. The summed E-state index contributed by atoms with van der Waals surface area (Å²) < 4.78 is 26.9. The molecule has 0 unspecified atom stereocenters. The van der Waals surface area contributed by atoms with Crippen molar-refractivity contribution in [3.63, 3.8) is 0 Å². The molecule has 4 rings (SSSR count). The molecule has 9 nitrogen and oxygen atoms in total. The summed E-state index contributed by atoms with van der Waals surface area (Å²) in [6, 6.07) is 10.0. The summed E-state index contributed by atoms with van der Waals surface area (Å²) in [5, 5.41) is 21.6. The maximum atomic E-state index is 12.9. The third-order valence-corrected chi connectivity index (χ3v) is 7.78. The van der Waals surface area contributed by atoms with E-state index in [1.165, 1.54) is 16.4 Å². The van der Waals surface area contributed by atoms with E-state index in [1.54, 1.807) is 18.2 Å². The average molecular weight is 448 g/mol. The number of aliphatic hydroxyl groups excluding tert-OH is 1. The Morgan fingerprint density at radius 1 is 1.06 bits per heavy atom. The van der Waals surface area contributed by atoms with Gasteiger partial charge in [-0.1, -0.05) is 18.2 Å². The third-order valence-electron chi connectivity index (χ3n) is 5.95. The van der Waals surface area contributed by atoms with Gasteiger partial charge in [0, 0.05) is 57.2 Å². The minimum atomic E-state index is -3.77. The molecule has 0 bridgehead atoms. The van der Waals surface area contributed by atoms with Crippen LogP contribution in [0.25, 0.3) is 0 Å². The number of β-amino-alcohol motifs (C(OH)–C–C–N with tert-alkyl or cyclic N) is 2. The van der Waals surface area contributed by atoms with Crippen LogP contribution in [0.3, 0.4) is 0 Å². The van der Waals surface area contributed by atoms with E-state index in [9.17, 15) is 18.6 Å². The molecule has 2 aliphatic heterocycles. The average Bonchev–Trinajstić information content (AvgIpc) is 3.03. The Morgan fingerprint density at radius 2 is 1.68 bits per heavy atom. The molecule has 2 saturated heterocycles. The number of hydrogen-bond acceptors (Lipinski definition) is 8. The van der Waals surface area contributed by atoms with Crippen LogP contribution in [-0.2, 0) is 10.0 Å². The van der Waals surface area contributed by atoms with Crippen LogP contribution in [-0.4, -0.2) is 95.3 Å². The molecular weight excluding hydrogens is 418 g/mol. The maximum Gasteiger partial charge on any atom is 0.243 e. The summed E-state index contributed by atoms with van der Waals surface area (Å²) in [6.07, 6.45) is -1.15. The second kappa shape index (κ2) is 8.44. The van der Waals surface area contributed by atoms with Crippen molar-refractivity contribution in [3.05, 3.63) is 47.8 Å². The van der Waals surface area contributed by atoms with E-state index in [1.807, 2.05) is 19.9 Å². The fraction of sp³-hybridized carbons (Fsp3) is 0.524. The highest BCUT2D eigenvalue weighted by Gasteiger charge is 2.49. The number of hydrogen-bond donors (Lipinski definition) is 2. The second-order valence-corrected chi connectivity index (χ2v) is 10.4. The van der Waals surface area contributed by atoms with Gasteiger partial charge in [-0.05, 0) is 32.0 Å². The molecule has 2 aliphatic rings. The first-order valence-electron chi connectivity index (χ1n) is 10.4. The Labute approximate surface area is 183 Å². The van der Waals surface area contributed by atoms with Crippen LogP contribution in [0.4, 0.5) is 5.95 Å². The Morgan fingerprint density at radius 3 is 2.29 bits per heavy atom. The first-order valence-corrected chi connectivity index (χ1v) is 11.9. The van der Waals surface area contributed by atoms with E-state index in [4.69, 9.17) is 0 Å². The number of rotatable bonds is 5. The molecule has 0 amide bonds. The molecule has 2 fully saturated rings. The Hall–Kier alpha value is -2.11. The van der Waals surface area contributed by atoms with Crippen molar-refractivity contribution < 1.29 is 18.6 Å². The van der Waals surface area contributed by atoms with Gasteiger partial charge < -0.3 is 15.1 Å². The number of benzene rings is 1. The van der Waals surface area contributed by atoms with Gasteiger partial charge in [0.05, 0.1) is 11.0 Å². The second-order valence-electron chi connectivity index (χ2n) is 8.44. The molecule has 2 aromatic rings. The zero-order chi connectivity index (χ0) is 22.2. The van der Waals surface area contributed by atoms with Crippen LogP contribution in [0.1, 0.15) is 11.4 Å². The fourth-order valence-corrected chi connectivity index (χ4v) is 5.79. The van der Waals surface area contributed by atoms with Crippen LogP contribution in [0.5, 0.6) is 0 Å². The molecule has 168 valence electrons. The van der Waals surface area contributed by atoms with Crippen LogP contribution < -0.4 is 4.90 Å². The molecule has 3 heterocycles. The van der Waals surface area contributed by atoms with Crippen molar-refractivity contribution >= 4 is 16.0 Å². The molecule has 2 N–H and O–H groups in total. The molecule has 0 saturated carbocycles. The van der Waals surface area contributed by atoms with Crippen LogP contribution >= 0.6 is 0 Å². The van der Waals surface area contributed by atoms with Crippen LogP contribution in [0.2, 0.25) is 0 Å². The summed E-state index contributed by atoms with van der Waals surface area (Å²) in [5.41, 5.74) is 0.335. The summed E-state index contributed by atoms with van der Waals surface area (Å²) in [6.45, 7) is 6.56. The van der Waals surface area contributed by atoms with Crippen molar-refractivity contribution in [1.29, 1.82) is 0 Å². The minimum absolute atomic E-state index is 0.121. The summed E-state index contributed by atoms with van der Waals surface area (Å²) in [5.74, 6) is 0.705. The van der Waals surface area contributed by atoms with E-state index < -0.39 is 21.7 Å². The van der Waals surface area contributed by atoms with E-state index in [0.717, 1.165) is 11.4 Å². The van der Waals surface area contributed by atoms with E-state index >= 15 is 0 Å². The fourth-order valence-electron chi connectivity index (χ4n) is 4.26. The standard InChI is InChI=1S/C21H29N5O4S/c1-16-12-17(2)23-20(22-16)25-10-8-24(9-11-25)14-21(28)15-26(13-19(21)27)31(29,30)18-6-4-3-5-7-18/h3-7,12,19,27-28H,8-11,13-15H2,1-2H3/t19-,21+/m1/s1. The first kappa shape index (κ1) is 22.1. The van der Waals surface area contributed by atoms with Crippen molar-refractivity contribution in [2.75, 3.05) is 50.7 Å². The lowest BCUT2D eigenvalue weighted by atomic mass is 9.99. The highest BCUT2D eigenvalue weighted by molar-refractivity contribution is 7.89. The van der Waals surface area contributed by atoms with Gasteiger partial charge in [0.25, 0.3) is 0 Å². The molecule has 0 spiro atoms. The number of piperazine rings is 1. The van der Waals surface area contributed by atoms with Gasteiger partial charge in [0.15, 0.2) is 0 Å². The number of aliphatic hydroxyl groups is 2. The van der Waals surface area contributed by atoms with Gasteiger partial charge in [0.2, 0.25) is 16.0 Å². The summed E-state index contributed by atoms with van der Waals surface area (Å²) >= 11 is 0. The highest BCUT2D eigenvalue weighted by Crippen LogP contribution is 2.29. The number of nitrogens with zero attached hydrogens (tertiary/aromatic N) is 5. The van der Waals surface area contributed by atoms with Gasteiger partial charge >= 0.3 is 0 Å². The van der Waals surface area contributed by atoms with Gasteiger partial charge in [-0.15, -0.1) is 0 Å². The monoisotopic (exact) mass is 447 g/mol. The molecule has 0 radical (unpaired) electrons. The first-order chi connectivity index (χ1) is 14.7. The molecule has 1 aromatic carbocycles. The largest absolute Gasteiger partial charge is 0.389 e. The Kier molecular flexibility index (Phi) is 6.01. The summed E-state index contributed by atoms with van der Waals surface area (Å²) in [7, 11) is -3.77.